The Hall–Kier alpha value is -2.41. The first-order valence-corrected chi connectivity index (χ1v) is 4.61. The number of rotatable bonds is 5. The number of nitrogens with zero attached hydrogens (tertiary/aromatic N) is 4. The largest absolute Gasteiger partial charge is 0.369 e. The maximum Gasteiger partial charge on any atom is -0.369 e. The molecule has 0 fully saturated rings. The molecule has 17 nitrogen and oxygen atoms in total. The van der Waals surface area contributed by atoms with Crippen molar-refractivity contribution in [1.82, 2.24) is 18.5 Å². The maximum atomic E-state index is 11.0. The predicted molar refractivity (Wildman–Crippen MR) is 45.8 cm³/mol. The van der Waals surface area contributed by atoms with E-state index in [0.29, 0.717) is 0 Å². The molecule has 0 saturated heterocycles. The zero-order chi connectivity index (χ0) is 12.5. The summed E-state index contributed by atoms with van der Waals surface area (Å²) in [5, 5.41) is 37.4. The third-order valence-electron chi connectivity index (χ3n) is 0.781. The van der Waals surface area contributed by atoms with Gasteiger partial charge in [0.15, 0.2) is 0 Å². The van der Waals surface area contributed by atoms with E-state index < -0.39 is 29.5 Å². The Labute approximate surface area is 97.1 Å². The van der Waals surface area contributed by atoms with Crippen molar-refractivity contribution in [2.45, 2.75) is 0 Å². The van der Waals surface area contributed by atoms with E-state index >= 15 is 0 Å². The molecule has 0 unspecified atom stereocenters. The van der Waals surface area contributed by atoms with Crippen molar-refractivity contribution >= 4 is 0 Å². The van der Waals surface area contributed by atoms with Crippen molar-refractivity contribution in [3.05, 3.63) is 40.5 Å². The summed E-state index contributed by atoms with van der Waals surface area (Å²) < 4.78 is 5.96. The van der Waals surface area contributed by atoms with Crippen LogP contribution in [0.4, 0.5) is 0 Å². The average Bonchev–Trinajstić information content (AvgIpc) is 2.01. The molecule has 18 heavy (non-hydrogen) atoms. The van der Waals surface area contributed by atoms with Gasteiger partial charge >= 0.3 is 77.8 Å². The van der Waals surface area contributed by atoms with Gasteiger partial charge in [0.2, 0.25) is 0 Å². The summed E-state index contributed by atoms with van der Waals surface area (Å²) in [5.41, 5.74) is 0. The van der Waals surface area contributed by atoms with E-state index in [-0.39, 0.29) is 18.5 Å². The summed E-state index contributed by atoms with van der Waals surface area (Å²) in [6.45, 7) is 0. The second kappa shape index (κ2) is 6.35. The molecule has 0 aliphatic rings. The summed E-state index contributed by atoms with van der Waals surface area (Å²) in [4.78, 5) is 39.6. The molecule has 0 radical (unpaired) electrons. The first-order chi connectivity index (χ1) is 6.57. The van der Waals surface area contributed by atoms with Gasteiger partial charge in [0, 0.05) is 0 Å². The van der Waals surface area contributed by atoms with Gasteiger partial charge in [-0.1, -0.05) is 0 Å². The van der Waals surface area contributed by atoms with Crippen LogP contribution < -0.4 is 18.5 Å². The third kappa shape index (κ3) is 2.83. The van der Waals surface area contributed by atoms with Crippen molar-refractivity contribution in [2.75, 3.05) is 0 Å². The van der Waals surface area contributed by atoms with Crippen LogP contribution in [0.25, 0.3) is 0 Å². The molecule has 0 heterocycles. The van der Waals surface area contributed by atoms with E-state index in [1.54, 1.807) is 0 Å². The smallest absolute Gasteiger partial charge is 0.369 e. The molecule has 0 rings (SSSR count). The van der Waals surface area contributed by atoms with E-state index in [0.717, 1.165) is 0 Å². The second-order valence-corrected chi connectivity index (χ2v) is 4.76. The Morgan fingerprint density at radius 1 is 0.778 bits per heavy atom. The Balaban J connectivity index is -0.000000327. The molecule has 0 saturated carbocycles. The standard InChI is InChI=1S/Co.NO3.3NO2.3H3N.O/c;2-1(3)4;3*2-1-3;;;;/h;;;;;3*1H3;/q+1;-1;;;;;;;/p+1. The fourth-order valence-electron chi connectivity index (χ4n) is 0.287. The van der Waals surface area contributed by atoms with Crippen molar-refractivity contribution in [3.63, 3.8) is 0 Å². The molecule has 0 amide bonds. The molecule has 10 N–H and O–H groups in total. The molecule has 0 bridgehead atoms. The van der Waals surface area contributed by atoms with E-state index in [9.17, 15) is 44.3 Å². The van der Waals surface area contributed by atoms with Gasteiger partial charge in [0.25, 0.3) is 0 Å². The molecule has 0 aliphatic heterocycles. The fourth-order valence-corrected chi connectivity index (χ4v) is 1.18. The molecule has 0 spiro atoms. The van der Waals surface area contributed by atoms with Crippen LogP contribution in [0.15, 0.2) is 0 Å². The zero-order valence-electron chi connectivity index (χ0n) is 8.62. The Morgan fingerprint density at radius 3 is 1.06 bits per heavy atom. The molecule has 0 atom stereocenters. The Morgan fingerprint density at radius 2 is 1.00 bits per heavy atom. The van der Waals surface area contributed by atoms with Crippen LogP contribution in [0, 0.1) is 40.5 Å². The van der Waals surface area contributed by atoms with Crippen LogP contribution in [-0.4, -0.2) is 17.0 Å². The molecule has 0 aromatic rings. The average molecular weight is 327 g/mol. The minimum Gasteiger partial charge on any atom is -0.369 e. The monoisotopic (exact) mass is 327 g/mol. The third-order valence-corrected chi connectivity index (χ3v) is 3.22. The first kappa shape index (κ1) is 24.7. The second-order valence-electron chi connectivity index (χ2n) is 1.49. The van der Waals surface area contributed by atoms with Crippen molar-refractivity contribution < 1.29 is 37.3 Å². The molecular formula is H10CoN7O10+. The van der Waals surface area contributed by atoms with Gasteiger partial charge in [0.1, 0.15) is 0 Å². The molecule has 0 aliphatic carbocycles. The maximum absolute atomic E-state index is 11.0. The Bertz CT molecular complexity index is 376. The van der Waals surface area contributed by atoms with Gasteiger partial charge in [-0.05, 0) is 0 Å². The number of nitro groups is 3. The van der Waals surface area contributed by atoms with Crippen LogP contribution >= 0.6 is 0 Å². The summed E-state index contributed by atoms with van der Waals surface area (Å²) in [6, 6.07) is 0. The molecular weight excluding hydrogens is 317 g/mol. The summed E-state index contributed by atoms with van der Waals surface area (Å²) in [6.07, 6.45) is 0. The Kier molecular flexibility index (Phi) is 8.72. The van der Waals surface area contributed by atoms with Gasteiger partial charge in [0.05, 0.1) is 0 Å². The predicted octanol–water partition coefficient (Wildman–Crippen LogP) is -0.580. The fraction of sp³-hybridized carbons (Fsp3) is 0. The minimum absolute atomic E-state index is 0. The van der Waals surface area contributed by atoms with Crippen LogP contribution in [0.5, 0.6) is 0 Å². The van der Waals surface area contributed by atoms with Gasteiger partial charge in [-0.15, -0.1) is 0 Å². The minimum atomic E-state index is -7.84. The molecule has 18 heteroatoms. The molecule has 113 valence electrons. The van der Waals surface area contributed by atoms with Crippen LogP contribution in [0.3, 0.4) is 0 Å². The molecule has 0 aromatic carbocycles. The quantitative estimate of drug-likeness (QED) is 0.421. The summed E-state index contributed by atoms with van der Waals surface area (Å²) in [5.74, 6) is 0. The molecule has 0 aromatic heterocycles. The van der Waals surface area contributed by atoms with E-state index in [2.05, 4.69) is 3.95 Å². The number of hydrogen-bond donors (Lipinski definition) is 3. The van der Waals surface area contributed by atoms with Gasteiger partial charge in [-0.25, -0.2) is 0 Å². The van der Waals surface area contributed by atoms with Gasteiger partial charge < -0.3 is 18.5 Å². The van der Waals surface area contributed by atoms with Crippen molar-refractivity contribution in [3.8, 4) is 0 Å². The van der Waals surface area contributed by atoms with Gasteiger partial charge in [-0.2, -0.15) is 0 Å². The number of hydrogen-bond acceptors (Lipinski definition) is 12. The van der Waals surface area contributed by atoms with Crippen LogP contribution in [0.1, 0.15) is 0 Å². The van der Waals surface area contributed by atoms with E-state index in [1.165, 1.54) is 0 Å². The van der Waals surface area contributed by atoms with Crippen LogP contribution in [-0.2, 0) is 20.3 Å². The summed E-state index contributed by atoms with van der Waals surface area (Å²) in [7, 11) is 0. The zero-order valence-corrected chi connectivity index (χ0v) is 9.66. The van der Waals surface area contributed by atoms with Gasteiger partial charge in [-0.3, -0.25) is 0 Å². The van der Waals surface area contributed by atoms with E-state index in [4.69, 9.17) is 0 Å². The summed E-state index contributed by atoms with van der Waals surface area (Å²) >= 11 is -7.84. The SMILES string of the molecule is N.N.O=[N+]([O-])[O][Co](=[O])([N+](=O)[O-])([N+](=O)[O-])[N+](=O)[O-].[NH4+]. The number of quaternary nitrogens is 1. The topological polar surface area (TPSA) is 305 Å². The van der Waals surface area contributed by atoms with Crippen molar-refractivity contribution in [2.24, 2.45) is 0 Å². The normalized spacial score (nSPS) is 11.0. The van der Waals surface area contributed by atoms with E-state index in [1.807, 2.05) is 0 Å². The van der Waals surface area contributed by atoms with Crippen LogP contribution in [0.2, 0.25) is 0 Å². The first-order valence-electron chi connectivity index (χ1n) is 2.36. The van der Waals surface area contributed by atoms with Crippen molar-refractivity contribution in [1.29, 1.82) is 0 Å².